The molecule has 1 aliphatic rings. The molecule has 0 bridgehead atoms. The number of methoxy groups -OCH3 is 1. The van der Waals surface area contributed by atoms with Gasteiger partial charge >= 0.3 is 11.7 Å². The molecule has 8 heteroatoms. The van der Waals surface area contributed by atoms with Crippen LogP contribution in [-0.2, 0) is 35.5 Å². The Morgan fingerprint density at radius 3 is 2.76 bits per heavy atom. The number of nitrogens with zero attached hydrogens (tertiary/aromatic N) is 2. The third-order valence-electron chi connectivity index (χ3n) is 5.06. The van der Waals surface area contributed by atoms with E-state index in [1.54, 1.807) is 13.0 Å². The highest BCUT2D eigenvalue weighted by Gasteiger charge is 2.27. The summed E-state index contributed by atoms with van der Waals surface area (Å²) in [5, 5.41) is 21.5. The number of carbonyl (C=O) groups excluding carboxylic acids is 1. The van der Waals surface area contributed by atoms with Gasteiger partial charge in [-0.25, -0.2) is 0 Å². The van der Waals surface area contributed by atoms with Gasteiger partial charge in [0.15, 0.2) is 5.75 Å². The fourth-order valence-electron chi connectivity index (χ4n) is 3.75. The lowest BCUT2D eigenvalue weighted by molar-refractivity contribution is -0.386. The Balaban J connectivity index is 1.85. The van der Waals surface area contributed by atoms with E-state index < -0.39 is 4.92 Å². The average molecular weight is 400 g/mol. The molecule has 1 heterocycles. The molecule has 1 aliphatic heterocycles. The summed E-state index contributed by atoms with van der Waals surface area (Å²) in [5.74, 6) is -0.659. The molecule has 2 aromatic rings. The fraction of sp³-hybridized carbons (Fsp3) is 0.381. The number of hydrogen-bond donors (Lipinski definition) is 1. The minimum atomic E-state index is -0.530. The van der Waals surface area contributed by atoms with E-state index in [0.29, 0.717) is 25.3 Å². The normalized spacial score (nSPS) is 13.6. The van der Waals surface area contributed by atoms with Crippen LogP contribution in [0, 0.1) is 10.1 Å². The zero-order chi connectivity index (χ0) is 21.0. The summed E-state index contributed by atoms with van der Waals surface area (Å²) in [6.45, 7) is 3.76. The van der Waals surface area contributed by atoms with Crippen LogP contribution in [0.4, 0.5) is 5.69 Å². The molecule has 0 fully saturated rings. The van der Waals surface area contributed by atoms with Gasteiger partial charge in [0.25, 0.3) is 0 Å². The number of benzene rings is 2. The van der Waals surface area contributed by atoms with Gasteiger partial charge in [0, 0.05) is 25.2 Å². The molecule has 0 radical (unpaired) electrons. The van der Waals surface area contributed by atoms with Crippen molar-refractivity contribution >= 4 is 11.7 Å². The summed E-state index contributed by atoms with van der Waals surface area (Å²) < 4.78 is 10.1. The SMILES string of the molecule is CCOC(=O)Cc1cccc2c1CN(Cc1ccc(O)c(OC)c1[N+](=O)[O-])CC2. The number of aromatic hydroxyl groups is 1. The minimum absolute atomic E-state index is 0.132. The standard InChI is InChI=1S/C21H24N2O6/c1-3-29-19(25)11-15-6-4-5-14-9-10-22(13-17(14)15)12-16-7-8-18(24)21(28-2)20(16)23(26)27/h4-8,24H,3,9-13H2,1-2H3. The first-order valence-electron chi connectivity index (χ1n) is 9.45. The molecule has 0 saturated heterocycles. The van der Waals surface area contributed by atoms with E-state index in [1.165, 1.54) is 18.7 Å². The summed E-state index contributed by atoms with van der Waals surface area (Å²) >= 11 is 0. The monoisotopic (exact) mass is 400 g/mol. The second-order valence-electron chi connectivity index (χ2n) is 6.88. The number of phenols is 1. The number of hydrogen-bond acceptors (Lipinski definition) is 7. The van der Waals surface area contributed by atoms with E-state index in [4.69, 9.17) is 9.47 Å². The van der Waals surface area contributed by atoms with E-state index in [0.717, 1.165) is 24.1 Å². The molecule has 0 unspecified atom stereocenters. The molecule has 0 amide bonds. The molecule has 8 nitrogen and oxygen atoms in total. The Hall–Kier alpha value is -3.13. The first-order valence-corrected chi connectivity index (χ1v) is 9.45. The van der Waals surface area contributed by atoms with E-state index in [2.05, 4.69) is 4.90 Å². The predicted octanol–water partition coefficient (Wildman–Crippen LogP) is 2.97. The van der Waals surface area contributed by atoms with Gasteiger partial charge in [0.1, 0.15) is 0 Å². The van der Waals surface area contributed by atoms with Crippen LogP contribution in [0.1, 0.15) is 29.2 Å². The zero-order valence-corrected chi connectivity index (χ0v) is 16.5. The van der Waals surface area contributed by atoms with Crippen LogP contribution in [0.15, 0.2) is 30.3 Å². The highest BCUT2D eigenvalue weighted by atomic mass is 16.6. The number of ether oxygens (including phenoxy) is 2. The summed E-state index contributed by atoms with van der Waals surface area (Å²) in [5.41, 5.74) is 3.42. The van der Waals surface area contributed by atoms with E-state index >= 15 is 0 Å². The van der Waals surface area contributed by atoms with Crippen LogP contribution < -0.4 is 4.74 Å². The predicted molar refractivity (Wildman–Crippen MR) is 106 cm³/mol. The average Bonchev–Trinajstić information content (AvgIpc) is 2.69. The molecule has 0 aliphatic carbocycles. The number of phenolic OH excluding ortho intramolecular Hbond substituents is 1. The minimum Gasteiger partial charge on any atom is -0.504 e. The molecular weight excluding hydrogens is 376 g/mol. The number of nitro groups is 1. The molecule has 0 atom stereocenters. The van der Waals surface area contributed by atoms with Crippen molar-refractivity contribution in [2.45, 2.75) is 32.9 Å². The van der Waals surface area contributed by atoms with Gasteiger partial charge < -0.3 is 14.6 Å². The molecular formula is C21H24N2O6. The molecule has 0 saturated carbocycles. The van der Waals surface area contributed by atoms with Gasteiger partial charge in [-0.2, -0.15) is 0 Å². The summed E-state index contributed by atoms with van der Waals surface area (Å²) in [7, 11) is 1.30. The molecule has 1 N–H and O–H groups in total. The summed E-state index contributed by atoms with van der Waals surface area (Å²) in [6.07, 6.45) is 0.993. The Bertz CT molecular complexity index is 928. The van der Waals surface area contributed by atoms with E-state index in [-0.39, 0.29) is 29.6 Å². The maximum atomic E-state index is 11.9. The highest BCUT2D eigenvalue weighted by molar-refractivity contribution is 5.73. The first-order chi connectivity index (χ1) is 13.9. The van der Waals surface area contributed by atoms with Crippen LogP contribution in [0.5, 0.6) is 11.5 Å². The van der Waals surface area contributed by atoms with Crippen molar-refractivity contribution in [1.29, 1.82) is 0 Å². The summed E-state index contributed by atoms with van der Waals surface area (Å²) in [4.78, 5) is 25.1. The number of nitro benzene ring substituents is 1. The van der Waals surface area contributed by atoms with Crippen molar-refractivity contribution < 1.29 is 24.3 Å². The number of fused-ring (bicyclic) bond motifs is 1. The van der Waals surface area contributed by atoms with Gasteiger partial charge in [0.05, 0.1) is 25.1 Å². The largest absolute Gasteiger partial charge is 0.504 e. The molecule has 154 valence electrons. The van der Waals surface area contributed by atoms with Crippen molar-refractivity contribution in [1.82, 2.24) is 4.90 Å². The highest BCUT2D eigenvalue weighted by Crippen LogP contribution is 2.39. The number of esters is 1. The zero-order valence-electron chi connectivity index (χ0n) is 16.5. The van der Waals surface area contributed by atoms with Gasteiger partial charge in [-0.1, -0.05) is 18.2 Å². The number of carbonyl (C=O) groups is 1. The molecule has 0 aromatic heterocycles. The smallest absolute Gasteiger partial charge is 0.319 e. The van der Waals surface area contributed by atoms with Gasteiger partial charge in [-0.3, -0.25) is 19.8 Å². The third-order valence-corrected chi connectivity index (χ3v) is 5.06. The van der Waals surface area contributed by atoms with Gasteiger partial charge in [-0.15, -0.1) is 0 Å². The van der Waals surface area contributed by atoms with Crippen molar-refractivity contribution in [2.24, 2.45) is 0 Å². The quantitative estimate of drug-likeness (QED) is 0.433. The van der Waals surface area contributed by atoms with Crippen molar-refractivity contribution in [2.75, 3.05) is 20.3 Å². The van der Waals surface area contributed by atoms with E-state index in [1.807, 2.05) is 18.2 Å². The lowest BCUT2D eigenvalue weighted by Gasteiger charge is -2.30. The molecule has 0 spiro atoms. The van der Waals surface area contributed by atoms with Crippen LogP contribution in [0.2, 0.25) is 0 Å². The van der Waals surface area contributed by atoms with E-state index in [9.17, 15) is 20.0 Å². The molecule has 2 aromatic carbocycles. The number of rotatable bonds is 7. The van der Waals surface area contributed by atoms with Crippen molar-refractivity contribution in [3.05, 3.63) is 62.7 Å². The van der Waals surface area contributed by atoms with Crippen molar-refractivity contribution in [3.63, 3.8) is 0 Å². The molecule has 29 heavy (non-hydrogen) atoms. The van der Waals surface area contributed by atoms with Crippen molar-refractivity contribution in [3.8, 4) is 11.5 Å². The maximum Gasteiger partial charge on any atom is 0.319 e. The van der Waals surface area contributed by atoms with Gasteiger partial charge in [0.2, 0.25) is 5.75 Å². The lowest BCUT2D eigenvalue weighted by Crippen LogP contribution is -2.31. The summed E-state index contributed by atoms with van der Waals surface area (Å²) in [6, 6.07) is 8.87. The van der Waals surface area contributed by atoms with Crippen LogP contribution >= 0.6 is 0 Å². The Morgan fingerprint density at radius 1 is 1.28 bits per heavy atom. The second-order valence-corrected chi connectivity index (χ2v) is 6.88. The van der Waals surface area contributed by atoms with Crippen LogP contribution in [0.3, 0.4) is 0 Å². The Kier molecular flexibility index (Phi) is 6.33. The third kappa shape index (κ3) is 4.48. The Labute approximate surface area is 168 Å². The van der Waals surface area contributed by atoms with Crippen LogP contribution in [0.25, 0.3) is 0 Å². The molecule has 3 rings (SSSR count). The Morgan fingerprint density at radius 2 is 2.07 bits per heavy atom. The second kappa shape index (κ2) is 8.91. The van der Waals surface area contributed by atoms with Crippen LogP contribution in [-0.4, -0.2) is 41.2 Å². The van der Waals surface area contributed by atoms with Gasteiger partial charge in [-0.05, 0) is 42.2 Å². The maximum absolute atomic E-state index is 11.9. The fourth-order valence-corrected chi connectivity index (χ4v) is 3.75. The first kappa shape index (κ1) is 20.6. The lowest BCUT2D eigenvalue weighted by atomic mass is 9.93. The topological polar surface area (TPSA) is 102 Å².